The Balaban J connectivity index is 2.07. The van der Waals surface area contributed by atoms with Gasteiger partial charge in [0.05, 0.1) is 18.5 Å². The Kier molecular flexibility index (Phi) is 8.53. The number of amides is 3. The summed E-state index contributed by atoms with van der Waals surface area (Å²) < 4.78 is 44.6. The fourth-order valence-electron chi connectivity index (χ4n) is 3.89. The van der Waals surface area contributed by atoms with Gasteiger partial charge in [-0.1, -0.05) is 20.8 Å². The first-order valence-corrected chi connectivity index (χ1v) is 11.0. The van der Waals surface area contributed by atoms with Crippen molar-refractivity contribution >= 4 is 23.7 Å². The van der Waals surface area contributed by atoms with Crippen molar-refractivity contribution < 1.29 is 37.1 Å². The zero-order chi connectivity index (χ0) is 24.1. The number of ketones is 1. The average Bonchev–Trinajstić information content (AvgIpc) is 3.06. The predicted molar refractivity (Wildman–Crippen MR) is 108 cm³/mol. The van der Waals surface area contributed by atoms with Gasteiger partial charge in [0.25, 0.3) is 0 Å². The Hall–Kier alpha value is -2.33. The fraction of sp³-hybridized carbons (Fsp3) is 0.810. The number of Topliss-reactive ketones (excluding diaryl/α,β-unsaturated/α-hetero) is 1. The zero-order valence-electron chi connectivity index (χ0n) is 18.7. The molecule has 0 aromatic rings. The molecule has 0 radical (unpaired) electrons. The molecule has 0 aromatic heterocycles. The number of nitrogens with one attached hydrogen (secondary N) is 2. The van der Waals surface area contributed by atoms with E-state index in [4.69, 9.17) is 4.74 Å². The van der Waals surface area contributed by atoms with Crippen molar-refractivity contribution in [1.82, 2.24) is 15.5 Å². The van der Waals surface area contributed by atoms with Gasteiger partial charge in [-0.15, -0.1) is 0 Å². The lowest BCUT2D eigenvalue weighted by atomic mass is 9.79. The summed E-state index contributed by atoms with van der Waals surface area (Å²) >= 11 is 0. The summed E-state index contributed by atoms with van der Waals surface area (Å²) in [6, 6.07) is -1.11. The van der Waals surface area contributed by atoms with Crippen molar-refractivity contribution in [3.8, 4) is 0 Å². The van der Waals surface area contributed by atoms with E-state index in [9.17, 15) is 32.3 Å². The van der Waals surface area contributed by atoms with E-state index in [1.807, 2.05) is 0 Å². The average molecular weight is 463 g/mol. The van der Waals surface area contributed by atoms with Crippen molar-refractivity contribution in [2.45, 2.75) is 77.1 Å². The van der Waals surface area contributed by atoms with E-state index in [0.717, 1.165) is 0 Å². The van der Waals surface area contributed by atoms with Crippen LogP contribution in [0.25, 0.3) is 0 Å². The number of nitrogens with zero attached hydrogens (tertiary/aromatic N) is 1. The van der Waals surface area contributed by atoms with Crippen LogP contribution in [0.1, 0.15) is 59.3 Å². The number of hydrogen-bond acceptors (Lipinski definition) is 5. The van der Waals surface area contributed by atoms with Gasteiger partial charge in [-0.3, -0.25) is 14.4 Å². The van der Waals surface area contributed by atoms with Crippen molar-refractivity contribution in [2.24, 2.45) is 11.8 Å². The highest BCUT2D eigenvalue weighted by Crippen LogP contribution is 2.48. The normalized spacial score (nSPS) is 20.8. The molecule has 11 heteroatoms. The van der Waals surface area contributed by atoms with Crippen LogP contribution in [0.15, 0.2) is 0 Å². The molecule has 182 valence electrons. The van der Waals surface area contributed by atoms with E-state index < -0.39 is 35.6 Å². The van der Waals surface area contributed by atoms with Crippen molar-refractivity contribution in [3.63, 3.8) is 0 Å². The molecule has 2 atom stereocenters. The highest BCUT2D eigenvalue weighted by molar-refractivity contribution is 5.92. The van der Waals surface area contributed by atoms with Crippen LogP contribution in [0, 0.1) is 11.8 Å². The summed E-state index contributed by atoms with van der Waals surface area (Å²) in [4.78, 5) is 50.7. The van der Waals surface area contributed by atoms with E-state index in [-0.39, 0.29) is 56.5 Å². The summed E-state index contributed by atoms with van der Waals surface area (Å²) in [6.45, 7) is 5.45. The molecule has 0 aromatic carbocycles. The zero-order valence-corrected chi connectivity index (χ0v) is 18.7. The Bertz CT molecular complexity index is 722. The number of hydrogen-bond donors (Lipinski definition) is 2. The third-order valence-corrected chi connectivity index (χ3v) is 5.96. The molecule has 2 rings (SSSR count). The SMILES string of the molecule is CCC(=O)N(CC(=O)[C@H](CC(C)C)NC(=O)OC1(C(F)(F)F)CCC1)C[C@@H]1CCNC1=O. The van der Waals surface area contributed by atoms with Gasteiger partial charge in [-0.2, -0.15) is 13.2 Å². The Morgan fingerprint density at radius 3 is 2.38 bits per heavy atom. The summed E-state index contributed by atoms with van der Waals surface area (Å²) in [6.07, 6.45) is -5.48. The number of alkyl carbamates (subject to hydrolysis) is 1. The van der Waals surface area contributed by atoms with Crippen LogP contribution in [0.4, 0.5) is 18.0 Å². The molecule has 0 spiro atoms. The van der Waals surface area contributed by atoms with Gasteiger partial charge in [0.15, 0.2) is 5.78 Å². The second-order valence-corrected chi connectivity index (χ2v) is 8.93. The van der Waals surface area contributed by atoms with Crippen LogP contribution in [-0.4, -0.2) is 66.0 Å². The minimum Gasteiger partial charge on any atom is -0.433 e. The summed E-state index contributed by atoms with van der Waals surface area (Å²) in [5, 5.41) is 4.96. The van der Waals surface area contributed by atoms with E-state index in [1.54, 1.807) is 20.8 Å². The van der Waals surface area contributed by atoms with Crippen LogP contribution < -0.4 is 10.6 Å². The molecule has 1 aliphatic carbocycles. The number of carbonyl (C=O) groups is 4. The van der Waals surface area contributed by atoms with Gasteiger partial charge < -0.3 is 20.3 Å². The molecule has 1 saturated heterocycles. The van der Waals surface area contributed by atoms with Gasteiger partial charge in [-0.05, 0) is 38.0 Å². The molecule has 8 nitrogen and oxygen atoms in total. The van der Waals surface area contributed by atoms with Gasteiger partial charge >= 0.3 is 12.3 Å². The molecule has 0 unspecified atom stereocenters. The number of alkyl halides is 3. The molecular formula is C21H32F3N3O5. The van der Waals surface area contributed by atoms with Crippen LogP contribution in [0.2, 0.25) is 0 Å². The second kappa shape index (κ2) is 10.5. The standard InChI is InChI=1S/C21H32F3N3O5/c1-4-17(29)27(11-14-6-9-25-18(14)30)12-16(28)15(10-13(2)3)26-19(31)32-20(7-5-8-20)21(22,23)24/h13-15H,4-12H2,1-3H3,(H,25,30)(H,26,31)/t14-,15-/m0/s1. The van der Waals surface area contributed by atoms with Gasteiger partial charge in [0.1, 0.15) is 0 Å². The Labute approximate surface area is 185 Å². The molecular weight excluding hydrogens is 431 g/mol. The highest BCUT2D eigenvalue weighted by Gasteiger charge is 2.62. The smallest absolute Gasteiger partial charge is 0.428 e. The Morgan fingerprint density at radius 2 is 1.94 bits per heavy atom. The summed E-state index contributed by atoms with van der Waals surface area (Å²) in [5.74, 6) is -1.52. The third kappa shape index (κ3) is 6.35. The molecule has 2 fully saturated rings. The topological polar surface area (TPSA) is 105 Å². The van der Waals surface area contributed by atoms with Crippen molar-refractivity contribution in [1.29, 1.82) is 0 Å². The largest absolute Gasteiger partial charge is 0.433 e. The molecule has 32 heavy (non-hydrogen) atoms. The lowest BCUT2D eigenvalue weighted by molar-refractivity contribution is -0.284. The lowest BCUT2D eigenvalue weighted by Crippen LogP contribution is -2.57. The molecule has 0 bridgehead atoms. The van der Waals surface area contributed by atoms with E-state index in [0.29, 0.717) is 19.4 Å². The summed E-state index contributed by atoms with van der Waals surface area (Å²) in [7, 11) is 0. The quantitative estimate of drug-likeness (QED) is 0.518. The van der Waals surface area contributed by atoms with E-state index in [2.05, 4.69) is 10.6 Å². The number of halogens is 3. The second-order valence-electron chi connectivity index (χ2n) is 8.93. The number of ether oxygens (including phenoxy) is 1. The number of carbonyl (C=O) groups excluding carboxylic acids is 4. The molecule has 1 aliphatic heterocycles. The first kappa shape index (κ1) is 25.9. The van der Waals surface area contributed by atoms with Crippen molar-refractivity contribution in [2.75, 3.05) is 19.6 Å². The minimum absolute atomic E-state index is 0.0551. The van der Waals surface area contributed by atoms with E-state index in [1.165, 1.54) is 4.90 Å². The monoisotopic (exact) mass is 463 g/mol. The predicted octanol–water partition coefficient (Wildman–Crippen LogP) is 2.56. The molecule has 3 amide bonds. The van der Waals surface area contributed by atoms with Crippen LogP contribution in [0.3, 0.4) is 0 Å². The maximum atomic E-state index is 13.3. The molecule has 1 heterocycles. The van der Waals surface area contributed by atoms with Gasteiger partial charge in [0.2, 0.25) is 17.4 Å². The van der Waals surface area contributed by atoms with Crippen LogP contribution >= 0.6 is 0 Å². The molecule has 1 saturated carbocycles. The maximum absolute atomic E-state index is 13.3. The first-order valence-electron chi connectivity index (χ1n) is 11.0. The van der Waals surface area contributed by atoms with Gasteiger partial charge in [0, 0.05) is 19.5 Å². The molecule has 2 N–H and O–H groups in total. The van der Waals surface area contributed by atoms with Crippen LogP contribution in [-0.2, 0) is 19.1 Å². The Morgan fingerprint density at radius 1 is 1.28 bits per heavy atom. The minimum atomic E-state index is -4.69. The number of rotatable bonds is 10. The third-order valence-electron chi connectivity index (χ3n) is 5.96. The van der Waals surface area contributed by atoms with Gasteiger partial charge in [-0.25, -0.2) is 4.79 Å². The van der Waals surface area contributed by atoms with Crippen molar-refractivity contribution in [3.05, 3.63) is 0 Å². The maximum Gasteiger partial charge on any atom is 0.428 e. The highest BCUT2D eigenvalue weighted by atomic mass is 19.4. The summed E-state index contributed by atoms with van der Waals surface area (Å²) in [5.41, 5.74) is -2.51. The fourth-order valence-corrected chi connectivity index (χ4v) is 3.89. The lowest BCUT2D eigenvalue weighted by Gasteiger charge is -2.42. The van der Waals surface area contributed by atoms with Crippen LogP contribution in [0.5, 0.6) is 0 Å². The first-order chi connectivity index (χ1) is 14.9. The molecule has 2 aliphatic rings. The van der Waals surface area contributed by atoms with E-state index >= 15 is 0 Å².